The second kappa shape index (κ2) is 11.4. The molecular formula is C20H34O3. The van der Waals surface area contributed by atoms with Crippen LogP contribution >= 0.6 is 0 Å². The normalized spacial score (nSPS) is 17.2. The van der Waals surface area contributed by atoms with Crippen LogP contribution < -0.4 is 0 Å². The first-order valence-corrected chi connectivity index (χ1v) is 8.31. The summed E-state index contributed by atoms with van der Waals surface area (Å²) in [5.41, 5.74) is 2.50. The van der Waals surface area contributed by atoms with Crippen molar-refractivity contribution in [3.05, 3.63) is 47.1 Å². The monoisotopic (exact) mass is 322 g/mol. The van der Waals surface area contributed by atoms with Gasteiger partial charge < -0.3 is 15.3 Å². The summed E-state index contributed by atoms with van der Waals surface area (Å²) in [6.07, 6.45) is 11.8. The highest BCUT2D eigenvalue weighted by molar-refractivity contribution is 5.10. The zero-order valence-corrected chi connectivity index (χ0v) is 15.3. The summed E-state index contributed by atoms with van der Waals surface area (Å²) in [6, 6.07) is 0. The number of allylic oxidation sites excluding steroid dienone is 4. The average Bonchev–Trinajstić information content (AvgIpc) is 2.36. The molecule has 132 valence electrons. The lowest BCUT2D eigenvalue weighted by Gasteiger charge is -2.18. The third-order valence-corrected chi connectivity index (χ3v) is 3.56. The Morgan fingerprint density at radius 2 is 1.74 bits per heavy atom. The van der Waals surface area contributed by atoms with Crippen molar-refractivity contribution in [3.8, 4) is 0 Å². The molecule has 0 amide bonds. The number of aliphatic hydroxyl groups excluding tert-OH is 2. The largest absolute Gasteiger partial charge is 0.392 e. The second-order valence-electron chi connectivity index (χ2n) is 6.80. The van der Waals surface area contributed by atoms with Crippen molar-refractivity contribution >= 4 is 0 Å². The van der Waals surface area contributed by atoms with Crippen LogP contribution in [0.25, 0.3) is 0 Å². The molecule has 3 nitrogen and oxygen atoms in total. The summed E-state index contributed by atoms with van der Waals surface area (Å²) in [4.78, 5) is 0. The highest BCUT2D eigenvalue weighted by Crippen LogP contribution is 2.17. The summed E-state index contributed by atoms with van der Waals surface area (Å²) < 4.78 is 0. The molecule has 0 aliphatic heterocycles. The van der Waals surface area contributed by atoms with Gasteiger partial charge in [0.1, 0.15) is 0 Å². The molecule has 2 atom stereocenters. The van der Waals surface area contributed by atoms with Gasteiger partial charge in [0.05, 0.1) is 18.3 Å². The van der Waals surface area contributed by atoms with Crippen LogP contribution in [0.1, 0.15) is 60.3 Å². The van der Waals surface area contributed by atoms with Crippen LogP contribution in [-0.4, -0.2) is 33.6 Å². The Balaban J connectivity index is 4.32. The second-order valence-corrected chi connectivity index (χ2v) is 6.80. The first-order valence-electron chi connectivity index (χ1n) is 8.31. The van der Waals surface area contributed by atoms with Crippen molar-refractivity contribution in [2.45, 2.75) is 72.0 Å². The minimum Gasteiger partial charge on any atom is -0.392 e. The fraction of sp³-hybridized carbons (Fsp3) is 0.600. The highest BCUT2D eigenvalue weighted by atomic mass is 16.3. The van der Waals surface area contributed by atoms with Crippen molar-refractivity contribution in [1.82, 2.24) is 0 Å². The van der Waals surface area contributed by atoms with E-state index < -0.39 is 11.7 Å². The van der Waals surface area contributed by atoms with Gasteiger partial charge in [0.2, 0.25) is 0 Å². The van der Waals surface area contributed by atoms with E-state index in [1.807, 2.05) is 45.9 Å². The molecule has 0 aromatic heterocycles. The van der Waals surface area contributed by atoms with Crippen LogP contribution in [0, 0.1) is 0 Å². The lowest BCUT2D eigenvalue weighted by atomic mass is 9.97. The molecular weight excluding hydrogens is 288 g/mol. The van der Waals surface area contributed by atoms with Gasteiger partial charge in [-0.1, -0.05) is 47.1 Å². The Morgan fingerprint density at radius 1 is 1.09 bits per heavy atom. The van der Waals surface area contributed by atoms with Crippen LogP contribution in [0.5, 0.6) is 0 Å². The van der Waals surface area contributed by atoms with Crippen LogP contribution in [0.15, 0.2) is 47.1 Å². The molecule has 1 unspecified atom stereocenters. The maximum absolute atomic E-state index is 10.3. The zero-order valence-electron chi connectivity index (χ0n) is 15.3. The van der Waals surface area contributed by atoms with Crippen molar-refractivity contribution in [1.29, 1.82) is 0 Å². The molecule has 0 fully saturated rings. The summed E-state index contributed by atoms with van der Waals surface area (Å²) in [5.74, 6) is 0. The third-order valence-electron chi connectivity index (χ3n) is 3.56. The van der Waals surface area contributed by atoms with Crippen LogP contribution in [0.2, 0.25) is 0 Å². The summed E-state index contributed by atoms with van der Waals surface area (Å²) in [5, 5.41) is 29.0. The minimum atomic E-state index is -0.838. The van der Waals surface area contributed by atoms with E-state index in [4.69, 9.17) is 5.11 Å². The van der Waals surface area contributed by atoms with Gasteiger partial charge in [0.15, 0.2) is 0 Å². The highest BCUT2D eigenvalue weighted by Gasteiger charge is 2.14. The predicted molar refractivity (Wildman–Crippen MR) is 98.3 cm³/mol. The van der Waals surface area contributed by atoms with E-state index in [9.17, 15) is 10.2 Å². The maximum Gasteiger partial charge on any atom is 0.0802 e. The maximum atomic E-state index is 10.3. The first kappa shape index (κ1) is 21.8. The van der Waals surface area contributed by atoms with Crippen LogP contribution in [0.3, 0.4) is 0 Å². The fourth-order valence-corrected chi connectivity index (χ4v) is 2.29. The number of aliphatic hydroxyl groups is 3. The van der Waals surface area contributed by atoms with Crippen molar-refractivity contribution in [2.75, 3.05) is 6.61 Å². The van der Waals surface area contributed by atoms with Gasteiger partial charge in [-0.25, -0.2) is 0 Å². The molecule has 0 bridgehead atoms. The van der Waals surface area contributed by atoms with Crippen LogP contribution in [-0.2, 0) is 0 Å². The lowest BCUT2D eigenvalue weighted by Crippen LogP contribution is -2.20. The van der Waals surface area contributed by atoms with E-state index in [0.717, 1.165) is 29.6 Å². The van der Waals surface area contributed by atoms with Gasteiger partial charge in [-0.2, -0.15) is 0 Å². The van der Waals surface area contributed by atoms with Crippen molar-refractivity contribution in [2.24, 2.45) is 0 Å². The van der Waals surface area contributed by atoms with Crippen molar-refractivity contribution in [3.63, 3.8) is 0 Å². The molecule has 0 aromatic rings. The standard InChI is InChI=1S/C20H34O3/c1-16(2)14-19(22)15-18(4)9-7-12-20(5,23)11-6-8-17(3)10-13-21/h6,9-11,14,19,21-23H,7-8,12-13,15H2,1-5H3/b11-6+,17-10+,18-9+/t19-,20?/m0/s1. The van der Waals surface area contributed by atoms with Gasteiger partial charge in [-0.05, 0) is 60.3 Å². The van der Waals surface area contributed by atoms with Gasteiger partial charge >= 0.3 is 0 Å². The SMILES string of the molecule is CC(C)=C[C@H](O)C/C(C)=C/CCC(C)(O)/C=C/C/C(C)=C/CO. The molecule has 0 radical (unpaired) electrons. The minimum absolute atomic E-state index is 0.0543. The predicted octanol–water partition coefficient (Wildman–Crippen LogP) is 4.07. The number of rotatable bonds is 10. The van der Waals surface area contributed by atoms with E-state index in [1.54, 1.807) is 13.0 Å². The fourth-order valence-electron chi connectivity index (χ4n) is 2.29. The molecule has 0 rings (SSSR count). The summed E-state index contributed by atoms with van der Waals surface area (Å²) in [7, 11) is 0. The Bertz CT molecular complexity index is 450. The number of hydrogen-bond donors (Lipinski definition) is 3. The van der Waals surface area contributed by atoms with Crippen LogP contribution in [0.4, 0.5) is 0 Å². The Hall–Kier alpha value is -1.16. The molecule has 23 heavy (non-hydrogen) atoms. The third kappa shape index (κ3) is 13.0. The molecule has 0 aliphatic rings. The summed E-state index contributed by atoms with van der Waals surface area (Å²) >= 11 is 0. The molecule has 0 spiro atoms. The molecule has 3 N–H and O–H groups in total. The molecule has 0 aromatic carbocycles. The van der Waals surface area contributed by atoms with E-state index in [1.165, 1.54) is 0 Å². The molecule has 3 heteroatoms. The van der Waals surface area contributed by atoms with Gasteiger partial charge in [0, 0.05) is 0 Å². The molecule has 0 saturated carbocycles. The lowest BCUT2D eigenvalue weighted by molar-refractivity contribution is 0.103. The zero-order chi connectivity index (χ0) is 17.9. The first-order chi connectivity index (χ1) is 10.7. The molecule has 0 aliphatic carbocycles. The van der Waals surface area contributed by atoms with Gasteiger partial charge in [-0.3, -0.25) is 0 Å². The van der Waals surface area contributed by atoms with Crippen molar-refractivity contribution < 1.29 is 15.3 Å². The van der Waals surface area contributed by atoms with Gasteiger partial charge in [0.25, 0.3) is 0 Å². The van der Waals surface area contributed by atoms with Gasteiger partial charge in [-0.15, -0.1) is 0 Å². The van der Waals surface area contributed by atoms with E-state index in [2.05, 4.69) is 6.08 Å². The Labute approximate surface area is 141 Å². The van der Waals surface area contributed by atoms with E-state index >= 15 is 0 Å². The topological polar surface area (TPSA) is 60.7 Å². The average molecular weight is 322 g/mol. The Kier molecular flexibility index (Phi) is 10.8. The Morgan fingerprint density at radius 3 is 2.30 bits per heavy atom. The smallest absolute Gasteiger partial charge is 0.0802 e. The van der Waals surface area contributed by atoms with E-state index in [0.29, 0.717) is 12.8 Å². The summed E-state index contributed by atoms with van der Waals surface area (Å²) in [6.45, 7) is 9.77. The number of hydrogen-bond acceptors (Lipinski definition) is 3. The molecule has 0 heterocycles. The van der Waals surface area contributed by atoms with E-state index in [-0.39, 0.29) is 6.61 Å². The molecule has 0 saturated heterocycles. The quantitative estimate of drug-likeness (QED) is 0.531.